The number of aliphatic hydroxyl groups is 1. The third-order valence-electron chi connectivity index (χ3n) is 7.56. The van der Waals surface area contributed by atoms with Crippen LogP contribution in [0.4, 0.5) is 0 Å². The Morgan fingerprint density at radius 2 is 1.78 bits per heavy atom. The van der Waals surface area contributed by atoms with E-state index < -0.39 is 5.60 Å². The maximum absolute atomic E-state index is 13.2. The Morgan fingerprint density at radius 1 is 1.09 bits per heavy atom. The van der Waals surface area contributed by atoms with Crippen LogP contribution in [0.5, 0.6) is 0 Å². The monoisotopic (exact) mass is 437 g/mol. The lowest BCUT2D eigenvalue weighted by Gasteiger charge is -2.55. The Balaban J connectivity index is 1.77. The minimum absolute atomic E-state index is 0.152. The SMILES string of the molecule is CN1CCC(O)(Cn2cc(C(=O)N(C)C)c(-c3ccccc3)cc2=O)C2(CCCCC2)C1. The van der Waals surface area contributed by atoms with Gasteiger partial charge in [-0.3, -0.25) is 9.59 Å². The van der Waals surface area contributed by atoms with Gasteiger partial charge in [0.25, 0.3) is 11.5 Å². The number of benzene rings is 1. The molecule has 1 atom stereocenters. The summed E-state index contributed by atoms with van der Waals surface area (Å²) in [6, 6.07) is 11.1. The zero-order valence-corrected chi connectivity index (χ0v) is 19.5. The van der Waals surface area contributed by atoms with E-state index >= 15 is 0 Å². The first-order valence-electron chi connectivity index (χ1n) is 11.7. The molecule has 1 aliphatic carbocycles. The molecule has 6 nitrogen and oxygen atoms in total. The number of likely N-dealkylation sites (tertiary alicyclic amines) is 1. The van der Waals surface area contributed by atoms with Gasteiger partial charge in [0.05, 0.1) is 17.7 Å². The van der Waals surface area contributed by atoms with Crippen molar-refractivity contribution < 1.29 is 9.90 Å². The molecule has 1 N–H and O–H groups in total. The highest BCUT2D eigenvalue weighted by atomic mass is 16.3. The smallest absolute Gasteiger partial charge is 0.255 e. The summed E-state index contributed by atoms with van der Waals surface area (Å²) in [5, 5.41) is 12.0. The van der Waals surface area contributed by atoms with Crippen LogP contribution in [0.1, 0.15) is 48.9 Å². The van der Waals surface area contributed by atoms with E-state index in [1.165, 1.54) is 11.3 Å². The summed E-state index contributed by atoms with van der Waals surface area (Å²) < 4.78 is 1.57. The second-order valence-electron chi connectivity index (χ2n) is 9.99. The average Bonchev–Trinajstić information content (AvgIpc) is 2.78. The first-order valence-corrected chi connectivity index (χ1v) is 11.7. The van der Waals surface area contributed by atoms with Crippen LogP contribution in [-0.4, -0.2) is 65.2 Å². The number of hydrogen-bond acceptors (Lipinski definition) is 4. The minimum atomic E-state index is -0.962. The molecule has 1 saturated heterocycles. The number of hydrogen-bond donors (Lipinski definition) is 1. The standard InChI is InChI=1S/C26H35N3O3/c1-27(2)24(31)22-17-29(23(30)16-21(22)20-10-6-4-7-11-20)19-26(32)14-15-28(3)18-25(26)12-8-5-9-13-25/h4,6-7,10-11,16-17,32H,5,8-9,12-15,18-19H2,1-3H3. The Kier molecular flexibility index (Phi) is 6.28. The van der Waals surface area contributed by atoms with E-state index in [2.05, 4.69) is 11.9 Å². The number of aromatic nitrogens is 1. The van der Waals surface area contributed by atoms with Crippen LogP contribution in [0.15, 0.2) is 47.4 Å². The van der Waals surface area contributed by atoms with Crippen LogP contribution in [0.3, 0.4) is 0 Å². The number of carbonyl (C=O) groups excluding carboxylic acids is 1. The molecule has 1 aromatic carbocycles. The first-order chi connectivity index (χ1) is 15.2. The van der Waals surface area contributed by atoms with E-state index in [1.807, 2.05) is 30.3 Å². The fourth-order valence-electron chi connectivity index (χ4n) is 5.73. The summed E-state index contributed by atoms with van der Waals surface area (Å²) in [6.07, 6.45) is 7.69. The summed E-state index contributed by atoms with van der Waals surface area (Å²) in [5.41, 5.74) is 0.599. The van der Waals surface area contributed by atoms with Gasteiger partial charge in [0.1, 0.15) is 0 Å². The van der Waals surface area contributed by atoms with E-state index in [1.54, 1.807) is 30.9 Å². The van der Waals surface area contributed by atoms with Crippen molar-refractivity contribution in [3.63, 3.8) is 0 Å². The fourth-order valence-corrected chi connectivity index (χ4v) is 5.73. The van der Waals surface area contributed by atoms with Gasteiger partial charge >= 0.3 is 0 Å². The molecule has 1 saturated carbocycles. The topological polar surface area (TPSA) is 65.8 Å². The molecule has 1 aromatic heterocycles. The minimum Gasteiger partial charge on any atom is -0.387 e. The van der Waals surface area contributed by atoms with Gasteiger partial charge in [-0.2, -0.15) is 0 Å². The van der Waals surface area contributed by atoms with Crippen molar-refractivity contribution in [2.24, 2.45) is 5.41 Å². The van der Waals surface area contributed by atoms with Crippen LogP contribution in [0.2, 0.25) is 0 Å². The van der Waals surface area contributed by atoms with Gasteiger partial charge in [-0.25, -0.2) is 0 Å². The van der Waals surface area contributed by atoms with Gasteiger partial charge in [-0.05, 0) is 31.9 Å². The van der Waals surface area contributed by atoms with E-state index in [4.69, 9.17) is 0 Å². The van der Waals surface area contributed by atoms with Crippen LogP contribution in [0, 0.1) is 5.41 Å². The summed E-state index contributed by atoms with van der Waals surface area (Å²) in [6.45, 7) is 1.88. The lowest BCUT2D eigenvalue weighted by molar-refractivity contribution is -0.156. The van der Waals surface area contributed by atoms with E-state index in [-0.39, 0.29) is 23.4 Å². The molecular formula is C26H35N3O3. The van der Waals surface area contributed by atoms with Crippen molar-refractivity contribution in [2.75, 3.05) is 34.2 Å². The lowest BCUT2D eigenvalue weighted by Crippen LogP contribution is -2.62. The molecule has 32 heavy (non-hydrogen) atoms. The number of piperidine rings is 1. The van der Waals surface area contributed by atoms with Crippen molar-refractivity contribution in [1.82, 2.24) is 14.4 Å². The van der Waals surface area contributed by atoms with Gasteiger partial charge in [0, 0.05) is 50.4 Å². The van der Waals surface area contributed by atoms with Crippen LogP contribution < -0.4 is 5.56 Å². The summed E-state index contributed by atoms with van der Waals surface area (Å²) in [5.74, 6) is -0.152. The van der Waals surface area contributed by atoms with Gasteiger partial charge in [0.15, 0.2) is 0 Å². The van der Waals surface area contributed by atoms with Gasteiger partial charge in [-0.15, -0.1) is 0 Å². The highest BCUT2D eigenvalue weighted by Gasteiger charge is 2.53. The maximum atomic E-state index is 13.2. The first kappa shape index (κ1) is 22.7. The Labute approximate surface area is 190 Å². The van der Waals surface area contributed by atoms with Crippen molar-refractivity contribution in [3.8, 4) is 11.1 Å². The second kappa shape index (κ2) is 8.83. The number of nitrogens with zero attached hydrogens (tertiary/aromatic N) is 3. The van der Waals surface area contributed by atoms with Gasteiger partial charge in [-0.1, -0.05) is 49.6 Å². The average molecular weight is 438 g/mol. The molecular weight excluding hydrogens is 402 g/mol. The molecule has 1 spiro atoms. The third kappa shape index (κ3) is 4.14. The summed E-state index contributed by atoms with van der Waals surface area (Å²) in [7, 11) is 5.55. The molecule has 1 aliphatic heterocycles. The van der Waals surface area contributed by atoms with Crippen molar-refractivity contribution in [3.05, 3.63) is 58.5 Å². The van der Waals surface area contributed by atoms with Crippen LogP contribution in [0.25, 0.3) is 11.1 Å². The molecule has 2 aliphatic rings. The molecule has 0 bridgehead atoms. The molecule has 0 radical (unpaired) electrons. The van der Waals surface area contributed by atoms with Crippen molar-refractivity contribution in [1.29, 1.82) is 0 Å². The number of amides is 1. The molecule has 6 heteroatoms. The zero-order valence-electron chi connectivity index (χ0n) is 19.5. The summed E-state index contributed by atoms with van der Waals surface area (Å²) >= 11 is 0. The fraction of sp³-hybridized carbons (Fsp3) is 0.538. The molecule has 1 amide bonds. The van der Waals surface area contributed by atoms with E-state index in [0.29, 0.717) is 17.5 Å². The largest absolute Gasteiger partial charge is 0.387 e. The predicted octanol–water partition coefficient (Wildman–Crippen LogP) is 3.23. The second-order valence-corrected chi connectivity index (χ2v) is 9.99. The molecule has 2 aromatic rings. The lowest BCUT2D eigenvalue weighted by atomic mass is 9.60. The Hall–Kier alpha value is -2.44. The molecule has 4 rings (SSSR count). The van der Waals surface area contributed by atoms with Gasteiger partial charge in [0.2, 0.25) is 0 Å². The third-order valence-corrected chi connectivity index (χ3v) is 7.56. The summed E-state index contributed by atoms with van der Waals surface area (Å²) in [4.78, 5) is 30.1. The van der Waals surface area contributed by atoms with Gasteiger partial charge < -0.3 is 19.5 Å². The number of rotatable bonds is 4. The predicted molar refractivity (Wildman–Crippen MR) is 127 cm³/mol. The van der Waals surface area contributed by atoms with E-state index in [9.17, 15) is 14.7 Å². The number of pyridine rings is 1. The zero-order chi connectivity index (χ0) is 22.9. The van der Waals surface area contributed by atoms with Crippen molar-refractivity contribution in [2.45, 2.75) is 50.7 Å². The maximum Gasteiger partial charge on any atom is 0.255 e. The van der Waals surface area contributed by atoms with Crippen molar-refractivity contribution >= 4 is 5.91 Å². The highest BCUT2D eigenvalue weighted by molar-refractivity contribution is 6.00. The molecule has 172 valence electrons. The van der Waals surface area contributed by atoms with E-state index in [0.717, 1.165) is 44.3 Å². The molecule has 2 fully saturated rings. The Bertz CT molecular complexity index is 1020. The van der Waals surface area contributed by atoms with Crippen LogP contribution in [-0.2, 0) is 6.54 Å². The Morgan fingerprint density at radius 3 is 2.44 bits per heavy atom. The highest BCUT2D eigenvalue weighted by Crippen LogP contribution is 2.50. The van der Waals surface area contributed by atoms with Crippen LogP contribution >= 0.6 is 0 Å². The molecule has 2 heterocycles. The number of carbonyl (C=O) groups is 1. The normalized spacial score (nSPS) is 23.2. The quantitative estimate of drug-likeness (QED) is 0.798. The molecule has 1 unspecified atom stereocenters.